The molecule has 1 fully saturated rings. The fraction of sp³-hybridized carbons (Fsp3) is 0.467. The lowest BCUT2D eigenvalue weighted by Crippen LogP contribution is -2.38. The van der Waals surface area contributed by atoms with Gasteiger partial charge in [0.2, 0.25) is 5.91 Å². The number of hydrogen-bond acceptors (Lipinski definition) is 2. The summed E-state index contributed by atoms with van der Waals surface area (Å²) in [6.45, 7) is 3.39. The lowest BCUT2D eigenvalue weighted by atomic mass is 9.94. The van der Waals surface area contributed by atoms with Gasteiger partial charge in [0.15, 0.2) is 0 Å². The van der Waals surface area contributed by atoms with Gasteiger partial charge in [0.05, 0.1) is 0 Å². The van der Waals surface area contributed by atoms with Crippen molar-refractivity contribution >= 4 is 16.9 Å². The predicted molar refractivity (Wildman–Crippen MR) is 74.9 cm³/mol. The molecule has 4 nitrogen and oxygen atoms in total. The van der Waals surface area contributed by atoms with Crippen molar-refractivity contribution < 1.29 is 4.79 Å². The molecule has 0 saturated carbocycles. The third kappa shape index (κ3) is 2.11. The van der Waals surface area contributed by atoms with Gasteiger partial charge in [-0.2, -0.15) is 0 Å². The summed E-state index contributed by atoms with van der Waals surface area (Å²) in [5, 5.41) is 1.18. The Morgan fingerprint density at radius 3 is 3.05 bits per heavy atom. The Bertz CT molecular complexity index is 617. The minimum atomic E-state index is 0.182. The first-order valence-electron chi connectivity index (χ1n) is 6.82. The largest absolute Gasteiger partial charge is 0.342 e. The highest BCUT2D eigenvalue weighted by atomic mass is 16.2. The molecule has 100 valence electrons. The van der Waals surface area contributed by atoms with Gasteiger partial charge in [-0.3, -0.25) is 4.79 Å². The van der Waals surface area contributed by atoms with Crippen molar-refractivity contribution in [2.75, 3.05) is 13.1 Å². The van der Waals surface area contributed by atoms with E-state index in [-0.39, 0.29) is 5.91 Å². The molecule has 19 heavy (non-hydrogen) atoms. The zero-order valence-electron chi connectivity index (χ0n) is 11.5. The SMILES string of the molecule is CC(=O)N1CCCC(c2cc3cccnc3n2C)C1. The van der Waals surface area contributed by atoms with Crippen molar-refractivity contribution in [1.82, 2.24) is 14.5 Å². The smallest absolute Gasteiger partial charge is 0.219 e. The molecule has 2 aromatic rings. The standard InChI is InChI=1S/C15H19N3O/c1-11(19)18-8-4-6-13(10-18)14-9-12-5-3-7-16-15(12)17(14)2/h3,5,7,9,13H,4,6,8,10H2,1-2H3. The Kier molecular flexibility index (Phi) is 3.01. The molecule has 1 atom stereocenters. The number of hydrogen-bond donors (Lipinski definition) is 0. The van der Waals surface area contributed by atoms with Crippen molar-refractivity contribution in [3.8, 4) is 0 Å². The second-order valence-corrected chi connectivity index (χ2v) is 5.35. The van der Waals surface area contributed by atoms with E-state index in [2.05, 4.69) is 28.7 Å². The van der Waals surface area contributed by atoms with Crippen molar-refractivity contribution in [1.29, 1.82) is 0 Å². The fourth-order valence-corrected chi connectivity index (χ4v) is 3.08. The topological polar surface area (TPSA) is 38.1 Å². The summed E-state index contributed by atoms with van der Waals surface area (Å²) in [4.78, 5) is 17.9. The molecule has 4 heteroatoms. The van der Waals surface area contributed by atoms with Gasteiger partial charge in [0.1, 0.15) is 5.65 Å². The van der Waals surface area contributed by atoms with Crippen LogP contribution in [-0.2, 0) is 11.8 Å². The van der Waals surface area contributed by atoms with Crippen LogP contribution in [0.3, 0.4) is 0 Å². The minimum absolute atomic E-state index is 0.182. The number of rotatable bonds is 1. The third-order valence-electron chi connectivity index (χ3n) is 4.11. The minimum Gasteiger partial charge on any atom is -0.342 e. The van der Waals surface area contributed by atoms with Gasteiger partial charge < -0.3 is 9.47 Å². The summed E-state index contributed by atoms with van der Waals surface area (Å²) in [5.74, 6) is 0.610. The van der Waals surface area contributed by atoms with Crippen LogP contribution in [0.25, 0.3) is 11.0 Å². The van der Waals surface area contributed by atoms with Gasteiger partial charge in [-0.05, 0) is 31.0 Å². The molecule has 1 aliphatic heterocycles. The monoisotopic (exact) mass is 257 g/mol. The average Bonchev–Trinajstić information content (AvgIpc) is 2.77. The maximum absolute atomic E-state index is 11.5. The zero-order valence-corrected chi connectivity index (χ0v) is 11.5. The first-order chi connectivity index (χ1) is 9.16. The summed E-state index contributed by atoms with van der Waals surface area (Å²) in [5.41, 5.74) is 2.32. The summed E-state index contributed by atoms with van der Waals surface area (Å²) < 4.78 is 2.17. The van der Waals surface area contributed by atoms with Crippen LogP contribution in [0.1, 0.15) is 31.4 Å². The normalized spacial score (nSPS) is 19.9. The second kappa shape index (κ2) is 4.68. The lowest BCUT2D eigenvalue weighted by molar-refractivity contribution is -0.130. The second-order valence-electron chi connectivity index (χ2n) is 5.35. The Morgan fingerprint density at radius 2 is 2.32 bits per heavy atom. The van der Waals surface area contributed by atoms with Crippen LogP contribution in [0.4, 0.5) is 0 Å². The molecule has 0 bridgehead atoms. The van der Waals surface area contributed by atoms with Gasteiger partial charge in [0, 0.05) is 50.3 Å². The predicted octanol–water partition coefficient (Wildman–Crippen LogP) is 2.30. The zero-order chi connectivity index (χ0) is 13.4. The number of aromatic nitrogens is 2. The molecule has 0 aliphatic carbocycles. The van der Waals surface area contributed by atoms with Crippen LogP contribution in [0.15, 0.2) is 24.4 Å². The number of amides is 1. The number of carbonyl (C=O) groups excluding carboxylic acids is 1. The van der Waals surface area contributed by atoms with E-state index >= 15 is 0 Å². The fourth-order valence-electron chi connectivity index (χ4n) is 3.08. The molecule has 0 radical (unpaired) electrons. The van der Waals surface area contributed by atoms with E-state index in [1.807, 2.05) is 17.2 Å². The van der Waals surface area contributed by atoms with Crippen LogP contribution < -0.4 is 0 Å². The number of fused-ring (bicyclic) bond motifs is 1. The highest BCUT2D eigenvalue weighted by molar-refractivity contribution is 5.77. The number of piperidine rings is 1. The summed E-state index contributed by atoms with van der Waals surface area (Å²) in [7, 11) is 2.07. The van der Waals surface area contributed by atoms with Gasteiger partial charge in [-0.1, -0.05) is 0 Å². The molecular weight excluding hydrogens is 238 g/mol. The first kappa shape index (κ1) is 12.2. The Labute approximate surface area is 113 Å². The quantitative estimate of drug-likeness (QED) is 0.786. The van der Waals surface area contributed by atoms with Crippen LogP contribution >= 0.6 is 0 Å². The summed E-state index contributed by atoms with van der Waals surface area (Å²) in [6.07, 6.45) is 4.06. The molecule has 0 spiro atoms. The van der Waals surface area contributed by atoms with Crippen molar-refractivity contribution in [3.05, 3.63) is 30.1 Å². The third-order valence-corrected chi connectivity index (χ3v) is 4.11. The van der Waals surface area contributed by atoms with E-state index in [1.165, 1.54) is 11.1 Å². The van der Waals surface area contributed by atoms with Gasteiger partial charge >= 0.3 is 0 Å². The molecular formula is C15H19N3O. The van der Waals surface area contributed by atoms with E-state index in [0.717, 1.165) is 31.6 Å². The highest BCUT2D eigenvalue weighted by Crippen LogP contribution is 2.30. The lowest BCUT2D eigenvalue weighted by Gasteiger charge is -2.32. The molecule has 1 saturated heterocycles. The van der Waals surface area contributed by atoms with E-state index in [9.17, 15) is 4.79 Å². The number of pyridine rings is 1. The van der Waals surface area contributed by atoms with E-state index < -0.39 is 0 Å². The molecule has 0 aromatic carbocycles. The Balaban J connectivity index is 1.95. The first-order valence-corrected chi connectivity index (χ1v) is 6.82. The Morgan fingerprint density at radius 1 is 1.47 bits per heavy atom. The Hall–Kier alpha value is -1.84. The molecule has 2 aromatic heterocycles. The van der Waals surface area contributed by atoms with Gasteiger partial charge in [0.25, 0.3) is 0 Å². The van der Waals surface area contributed by atoms with Crippen molar-refractivity contribution in [2.45, 2.75) is 25.7 Å². The van der Waals surface area contributed by atoms with Crippen LogP contribution in [0.5, 0.6) is 0 Å². The number of aryl methyl sites for hydroxylation is 1. The van der Waals surface area contributed by atoms with Crippen LogP contribution in [0.2, 0.25) is 0 Å². The number of carbonyl (C=O) groups is 1. The van der Waals surface area contributed by atoms with Crippen LogP contribution in [0, 0.1) is 0 Å². The van der Waals surface area contributed by atoms with Crippen molar-refractivity contribution in [2.24, 2.45) is 7.05 Å². The molecule has 1 unspecified atom stereocenters. The van der Waals surface area contributed by atoms with Crippen molar-refractivity contribution in [3.63, 3.8) is 0 Å². The van der Waals surface area contributed by atoms with E-state index in [0.29, 0.717) is 5.92 Å². The van der Waals surface area contributed by atoms with Crippen LogP contribution in [-0.4, -0.2) is 33.4 Å². The molecule has 3 heterocycles. The number of likely N-dealkylation sites (tertiary alicyclic amines) is 1. The average molecular weight is 257 g/mol. The maximum atomic E-state index is 11.5. The van der Waals surface area contributed by atoms with Gasteiger partial charge in [-0.25, -0.2) is 4.98 Å². The summed E-state index contributed by atoms with van der Waals surface area (Å²) >= 11 is 0. The molecule has 0 N–H and O–H groups in total. The van der Waals surface area contributed by atoms with E-state index in [1.54, 1.807) is 6.92 Å². The summed E-state index contributed by atoms with van der Waals surface area (Å²) in [6, 6.07) is 6.28. The molecule has 1 amide bonds. The molecule has 1 aliphatic rings. The maximum Gasteiger partial charge on any atom is 0.219 e. The highest BCUT2D eigenvalue weighted by Gasteiger charge is 2.25. The molecule has 3 rings (SSSR count). The van der Waals surface area contributed by atoms with Gasteiger partial charge in [-0.15, -0.1) is 0 Å². The van der Waals surface area contributed by atoms with E-state index in [4.69, 9.17) is 0 Å². The number of nitrogens with zero attached hydrogens (tertiary/aromatic N) is 3.